The van der Waals surface area contributed by atoms with Crippen LogP contribution in [0.25, 0.3) is 0 Å². The second-order valence-corrected chi connectivity index (χ2v) is 9.00. The van der Waals surface area contributed by atoms with E-state index in [9.17, 15) is 0 Å². The van der Waals surface area contributed by atoms with Crippen molar-refractivity contribution in [3.8, 4) is 0 Å². The third-order valence-corrected chi connectivity index (χ3v) is 0. The molecule has 0 bridgehead atoms. The Morgan fingerprint density at radius 3 is 0.833 bits per heavy atom. The van der Waals surface area contributed by atoms with Crippen molar-refractivity contribution in [2.75, 3.05) is 0 Å². The van der Waals surface area contributed by atoms with Gasteiger partial charge in [0.25, 0.3) is 0 Å². The minimum absolute atomic E-state index is 0. The topological polar surface area (TPSA) is 0 Å². The molecule has 2 heteroatoms. The van der Waals surface area contributed by atoms with Crippen LogP contribution >= 0.6 is 0 Å². The predicted octanol–water partition coefficient (Wildman–Crippen LogP) is 1.57. The van der Waals surface area contributed by atoms with E-state index in [-0.39, 0.29) is 23.9 Å². The molecule has 0 spiro atoms. The second-order valence-electron chi connectivity index (χ2n) is 3.00. The van der Waals surface area contributed by atoms with E-state index in [2.05, 4.69) is 26.2 Å². The summed E-state index contributed by atoms with van der Waals surface area (Å²) >= 11 is 0. The predicted molar refractivity (Wildman–Crippen MR) is 35.0 cm³/mol. The molecule has 0 saturated carbocycles. The van der Waals surface area contributed by atoms with Crippen molar-refractivity contribution in [1.29, 1.82) is 0 Å². The molecule has 0 heterocycles. The molecular weight excluding hydrogens is 195 g/mol. The first-order valence-corrected chi connectivity index (χ1v) is 6.00. The van der Waals surface area contributed by atoms with Crippen molar-refractivity contribution in [1.82, 2.24) is 0 Å². The second kappa shape index (κ2) is 3.07. The third-order valence-electron chi connectivity index (χ3n) is 0. The smallest absolute Gasteiger partial charge is 0.0411 e. The van der Waals surface area contributed by atoms with Gasteiger partial charge in [-0.1, -0.05) is 26.2 Å². The number of rotatable bonds is 0. The normalized spacial score (nSPS) is 10.0. The number of hydrogen-bond acceptors (Lipinski definition) is 0. The number of hydrogen-bond donors (Lipinski definition) is 0. The average Bonchev–Trinajstić information content (AvgIpc) is 0.722. The molecule has 0 atom stereocenters. The van der Waals surface area contributed by atoms with Gasteiger partial charge in [0, 0.05) is 32.0 Å². The quantitative estimate of drug-likeness (QED) is 0.529. The Morgan fingerprint density at radius 2 is 0.833 bits per heavy atom. The van der Waals surface area contributed by atoms with Crippen molar-refractivity contribution in [2.24, 2.45) is 0 Å². The minimum Gasteiger partial charge on any atom is -0.0697 e. The molecule has 0 aromatic rings. The van der Waals surface area contributed by atoms with Crippen LogP contribution in [0, 0.1) is 0 Å². The molecule has 0 aromatic carbocycles. The molecule has 0 fully saturated rings. The molecule has 36 valence electrons. The summed E-state index contributed by atoms with van der Waals surface area (Å²) in [6.45, 7) is 9.31. The Hall–Kier alpha value is 1.02. The third kappa shape index (κ3) is 78.4. The van der Waals surface area contributed by atoms with Crippen molar-refractivity contribution in [2.45, 2.75) is 26.2 Å². The van der Waals surface area contributed by atoms with E-state index in [4.69, 9.17) is 0 Å². The monoisotopic (exact) mass is 208 g/mol. The molecule has 0 aliphatic carbocycles. The van der Waals surface area contributed by atoms with Crippen LogP contribution in [0.2, 0.25) is 26.2 Å². The summed E-state index contributed by atoms with van der Waals surface area (Å²) in [5.41, 5.74) is 0. The molecule has 0 unspecified atom stereocenters. The fourth-order valence-corrected chi connectivity index (χ4v) is 0. The summed E-state index contributed by atoms with van der Waals surface area (Å²) in [4.78, 5) is 0. The van der Waals surface area contributed by atoms with Crippen LogP contribution < -0.4 is 0 Å². The maximum Gasteiger partial charge on any atom is 0.0411 e. The Kier molecular flexibility index (Phi) is 5.17. The van der Waals surface area contributed by atoms with Gasteiger partial charge in [0.2, 0.25) is 0 Å². The summed E-state index contributed by atoms with van der Waals surface area (Å²) in [7, 11) is -0.611. The first kappa shape index (κ1) is 10.1. The van der Waals surface area contributed by atoms with Gasteiger partial charge >= 0.3 is 0 Å². The van der Waals surface area contributed by atoms with E-state index in [1.54, 1.807) is 0 Å². The van der Waals surface area contributed by atoms with Crippen LogP contribution in [0.1, 0.15) is 0 Å². The summed E-state index contributed by atoms with van der Waals surface area (Å²) < 4.78 is 0. The fourth-order valence-electron chi connectivity index (χ4n) is 0. The van der Waals surface area contributed by atoms with E-state index in [0.29, 0.717) is 0 Å². The Morgan fingerprint density at radius 1 is 0.833 bits per heavy atom. The Labute approximate surface area is 58.3 Å². The van der Waals surface area contributed by atoms with E-state index in [1.165, 1.54) is 0 Å². The van der Waals surface area contributed by atoms with Crippen LogP contribution in [-0.2, 0) is 0 Å². The Bertz CT molecular complexity index is 23.0. The molecule has 0 nitrogen and oxygen atoms in total. The molecule has 0 amide bonds. The van der Waals surface area contributed by atoms with Crippen LogP contribution in [0.5, 0.6) is 0 Å². The first-order chi connectivity index (χ1) is 2.00. The first-order valence-electron chi connectivity index (χ1n) is 2.00. The van der Waals surface area contributed by atoms with Crippen LogP contribution in [-0.4, -0.2) is 32.0 Å². The van der Waals surface area contributed by atoms with Gasteiger partial charge in [0.1, 0.15) is 0 Å². The fraction of sp³-hybridized carbons (Fsp3) is 1.00. The van der Waals surface area contributed by atoms with Crippen molar-refractivity contribution in [3.63, 3.8) is 0 Å². The zero-order chi connectivity index (χ0) is 4.50. The van der Waals surface area contributed by atoms with Gasteiger partial charge < -0.3 is 0 Å². The molecule has 0 aliphatic rings. The summed E-state index contributed by atoms with van der Waals surface area (Å²) in [6, 6.07) is 0. The maximum absolute atomic E-state index is 2.33. The summed E-state index contributed by atoms with van der Waals surface area (Å²) in [6.07, 6.45) is 0. The molecular formula is C4H12SiSn. The zero-order valence-electron chi connectivity index (χ0n) is 5.00. The molecule has 0 aliphatic heterocycles. The average molecular weight is 207 g/mol. The summed E-state index contributed by atoms with van der Waals surface area (Å²) in [5, 5.41) is 0. The zero-order valence-corrected chi connectivity index (χ0v) is 8.85. The van der Waals surface area contributed by atoms with Gasteiger partial charge in [0.15, 0.2) is 0 Å². The van der Waals surface area contributed by atoms with Crippen molar-refractivity contribution in [3.05, 3.63) is 0 Å². The minimum atomic E-state index is -0.611. The molecule has 0 N–H and O–H groups in total. The van der Waals surface area contributed by atoms with Crippen molar-refractivity contribution < 1.29 is 0 Å². The standard InChI is InChI=1S/C4H12Si.Sn/c1-5(2,3)4;/h1-4H3;. The molecule has 0 rings (SSSR count). The molecule has 0 aromatic heterocycles. The molecule has 0 saturated heterocycles. The largest absolute Gasteiger partial charge is 0.0697 e. The van der Waals surface area contributed by atoms with E-state index in [1.807, 2.05) is 0 Å². The van der Waals surface area contributed by atoms with Gasteiger partial charge in [-0.2, -0.15) is 0 Å². The van der Waals surface area contributed by atoms with Crippen LogP contribution in [0.15, 0.2) is 0 Å². The van der Waals surface area contributed by atoms with Crippen molar-refractivity contribution >= 4 is 32.0 Å². The molecule has 4 radical (unpaired) electrons. The van der Waals surface area contributed by atoms with Gasteiger partial charge in [-0.15, -0.1) is 0 Å². The van der Waals surface area contributed by atoms with Crippen LogP contribution in [0.3, 0.4) is 0 Å². The Balaban J connectivity index is 0. The maximum atomic E-state index is 2.33. The van der Waals surface area contributed by atoms with Gasteiger partial charge in [-0.3, -0.25) is 0 Å². The van der Waals surface area contributed by atoms with Crippen LogP contribution in [0.4, 0.5) is 0 Å². The van der Waals surface area contributed by atoms with Gasteiger partial charge in [-0.05, 0) is 0 Å². The van der Waals surface area contributed by atoms with Gasteiger partial charge in [0.05, 0.1) is 0 Å². The van der Waals surface area contributed by atoms with E-state index >= 15 is 0 Å². The van der Waals surface area contributed by atoms with E-state index < -0.39 is 8.07 Å². The van der Waals surface area contributed by atoms with Gasteiger partial charge in [-0.25, -0.2) is 0 Å². The molecule has 6 heavy (non-hydrogen) atoms. The SMILES string of the molecule is C[Si](C)(C)C.[Sn]. The van der Waals surface area contributed by atoms with E-state index in [0.717, 1.165) is 0 Å². The summed E-state index contributed by atoms with van der Waals surface area (Å²) in [5.74, 6) is 0.